The number of ether oxygens (including phenoxy) is 1. The van der Waals surface area contributed by atoms with Crippen LogP contribution in [-0.2, 0) is 4.79 Å². The molecule has 1 aromatic rings. The van der Waals surface area contributed by atoms with Crippen LogP contribution in [0.25, 0.3) is 0 Å². The van der Waals surface area contributed by atoms with Gasteiger partial charge in [-0.25, -0.2) is 0 Å². The number of amides is 1. The highest BCUT2D eigenvalue weighted by Crippen LogP contribution is 2.21. The van der Waals surface area contributed by atoms with Crippen molar-refractivity contribution in [3.05, 3.63) is 24.3 Å². The standard InChI is InChI=1S/C16H24N2O3/c1-16(20)7-3-9-18(10-8-16)15(19)6-11-21-14-5-2-4-13(17)12-14/h2,4-5,12,20H,3,6-11,17H2,1H3. The van der Waals surface area contributed by atoms with Gasteiger partial charge in [0.2, 0.25) is 5.91 Å². The topological polar surface area (TPSA) is 75.8 Å². The van der Waals surface area contributed by atoms with Gasteiger partial charge >= 0.3 is 0 Å². The third-order valence-corrected chi connectivity index (χ3v) is 3.86. The maximum absolute atomic E-state index is 12.2. The monoisotopic (exact) mass is 292 g/mol. The lowest BCUT2D eigenvalue weighted by atomic mass is 9.98. The molecule has 1 amide bonds. The molecule has 21 heavy (non-hydrogen) atoms. The molecule has 0 aromatic heterocycles. The quantitative estimate of drug-likeness (QED) is 0.830. The number of benzene rings is 1. The molecule has 5 heteroatoms. The van der Waals surface area contributed by atoms with Crippen LogP contribution in [0.15, 0.2) is 24.3 Å². The Hall–Kier alpha value is -1.75. The molecular weight excluding hydrogens is 268 g/mol. The molecule has 1 heterocycles. The summed E-state index contributed by atoms with van der Waals surface area (Å²) < 4.78 is 5.54. The largest absolute Gasteiger partial charge is 0.493 e. The predicted octanol–water partition coefficient (Wildman–Crippen LogP) is 1.80. The SMILES string of the molecule is CC1(O)CCCN(C(=O)CCOc2cccc(N)c2)CC1. The number of likely N-dealkylation sites (tertiary alicyclic amines) is 1. The normalized spacial score (nSPS) is 22.7. The zero-order valence-corrected chi connectivity index (χ0v) is 12.5. The van der Waals surface area contributed by atoms with Crippen LogP contribution in [0.2, 0.25) is 0 Å². The Kier molecular flexibility index (Phi) is 5.07. The van der Waals surface area contributed by atoms with Crippen molar-refractivity contribution >= 4 is 11.6 Å². The van der Waals surface area contributed by atoms with Gasteiger partial charge in [-0.1, -0.05) is 6.07 Å². The minimum atomic E-state index is -0.646. The number of carbonyl (C=O) groups is 1. The number of aliphatic hydroxyl groups is 1. The first kappa shape index (κ1) is 15.6. The number of carbonyl (C=O) groups excluding carboxylic acids is 1. The van der Waals surface area contributed by atoms with E-state index < -0.39 is 5.60 Å². The van der Waals surface area contributed by atoms with Crippen molar-refractivity contribution in [3.63, 3.8) is 0 Å². The van der Waals surface area contributed by atoms with Gasteiger partial charge in [-0.3, -0.25) is 4.79 Å². The molecule has 1 aromatic carbocycles. The van der Waals surface area contributed by atoms with Crippen molar-refractivity contribution in [3.8, 4) is 5.75 Å². The summed E-state index contributed by atoms with van der Waals surface area (Å²) in [4.78, 5) is 14.0. The second kappa shape index (κ2) is 6.80. The smallest absolute Gasteiger partial charge is 0.225 e. The van der Waals surface area contributed by atoms with Gasteiger partial charge in [-0.05, 0) is 38.3 Å². The van der Waals surface area contributed by atoms with Gasteiger partial charge in [0.1, 0.15) is 5.75 Å². The summed E-state index contributed by atoms with van der Waals surface area (Å²) in [5, 5.41) is 10.0. The van der Waals surface area contributed by atoms with E-state index in [0.29, 0.717) is 44.0 Å². The minimum absolute atomic E-state index is 0.0802. The molecule has 0 saturated carbocycles. The maximum Gasteiger partial charge on any atom is 0.225 e. The zero-order chi connectivity index (χ0) is 15.3. The van der Waals surface area contributed by atoms with Gasteiger partial charge in [0.15, 0.2) is 0 Å². The lowest BCUT2D eigenvalue weighted by Gasteiger charge is -2.22. The van der Waals surface area contributed by atoms with Crippen LogP contribution < -0.4 is 10.5 Å². The molecule has 1 saturated heterocycles. The molecule has 5 nitrogen and oxygen atoms in total. The number of hydrogen-bond donors (Lipinski definition) is 2. The molecule has 1 fully saturated rings. The first-order chi connectivity index (χ1) is 9.96. The molecular formula is C16H24N2O3. The maximum atomic E-state index is 12.2. The average molecular weight is 292 g/mol. The van der Waals surface area contributed by atoms with Gasteiger partial charge in [-0.2, -0.15) is 0 Å². The molecule has 2 rings (SSSR count). The fourth-order valence-corrected chi connectivity index (χ4v) is 2.53. The lowest BCUT2D eigenvalue weighted by Crippen LogP contribution is -2.34. The molecule has 116 valence electrons. The minimum Gasteiger partial charge on any atom is -0.493 e. The number of nitrogens with two attached hydrogens (primary N) is 1. The number of rotatable bonds is 4. The summed E-state index contributed by atoms with van der Waals surface area (Å²) in [6.45, 7) is 3.51. The Morgan fingerprint density at radius 2 is 2.24 bits per heavy atom. The van der Waals surface area contributed by atoms with Crippen LogP contribution in [-0.4, -0.2) is 41.2 Å². The summed E-state index contributed by atoms with van der Waals surface area (Å²) >= 11 is 0. The van der Waals surface area contributed by atoms with Crippen molar-refractivity contribution in [1.29, 1.82) is 0 Å². The number of nitrogens with zero attached hydrogens (tertiary/aromatic N) is 1. The number of anilines is 1. The van der Waals surface area contributed by atoms with E-state index in [1.165, 1.54) is 0 Å². The summed E-state index contributed by atoms with van der Waals surface area (Å²) in [5.74, 6) is 0.762. The van der Waals surface area contributed by atoms with Crippen molar-refractivity contribution in [1.82, 2.24) is 4.90 Å². The van der Waals surface area contributed by atoms with E-state index in [1.54, 1.807) is 12.1 Å². The van der Waals surface area contributed by atoms with Crippen LogP contribution in [0.3, 0.4) is 0 Å². The van der Waals surface area contributed by atoms with E-state index in [9.17, 15) is 9.90 Å². The third-order valence-electron chi connectivity index (χ3n) is 3.86. The Morgan fingerprint density at radius 3 is 3.00 bits per heavy atom. The fraction of sp³-hybridized carbons (Fsp3) is 0.562. The van der Waals surface area contributed by atoms with E-state index in [1.807, 2.05) is 24.0 Å². The first-order valence-electron chi connectivity index (χ1n) is 7.45. The summed E-state index contributed by atoms with van der Waals surface area (Å²) in [6, 6.07) is 7.18. The Balaban J connectivity index is 1.77. The van der Waals surface area contributed by atoms with Crippen molar-refractivity contribution in [2.24, 2.45) is 0 Å². The zero-order valence-electron chi connectivity index (χ0n) is 12.5. The van der Waals surface area contributed by atoms with Gasteiger partial charge < -0.3 is 20.5 Å². The molecule has 1 atom stereocenters. The van der Waals surface area contributed by atoms with Crippen LogP contribution in [0.5, 0.6) is 5.75 Å². The van der Waals surface area contributed by atoms with Gasteiger partial charge in [-0.15, -0.1) is 0 Å². The molecule has 3 N–H and O–H groups in total. The number of hydrogen-bond acceptors (Lipinski definition) is 4. The summed E-state index contributed by atoms with van der Waals surface area (Å²) in [7, 11) is 0. The summed E-state index contributed by atoms with van der Waals surface area (Å²) in [6.07, 6.45) is 2.57. The van der Waals surface area contributed by atoms with E-state index in [-0.39, 0.29) is 5.91 Å². The van der Waals surface area contributed by atoms with Gasteiger partial charge in [0, 0.05) is 24.8 Å². The van der Waals surface area contributed by atoms with Crippen molar-refractivity contribution in [2.75, 3.05) is 25.4 Å². The molecule has 1 aliphatic heterocycles. The van der Waals surface area contributed by atoms with E-state index in [4.69, 9.17) is 10.5 Å². The second-order valence-corrected chi connectivity index (χ2v) is 5.90. The van der Waals surface area contributed by atoms with Crippen LogP contribution in [0, 0.1) is 0 Å². The first-order valence-corrected chi connectivity index (χ1v) is 7.45. The molecule has 0 spiro atoms. The molecule has 1 unspecified atom stereocenters. The average Bonchev–Trinajstić information content (AvgIpc) is 2.60. The second-order valence-electron chi connectivity index (χ2n) is 5.90. The Labute approximate surface area is 125 Å². The highest BCUT2D eigenvalue weighted by Gasteiger charge is 2.26. The fourth-order valence-electron chi connectivity index (χ4n) is 2.53. The summed E-state index contributed by atoms with van der Waals surface area (Å²) in [5.41, 5.74) is 5.67. The van der Waals surface area contributed by atoms with Crippen molar-refractivity contribution < 1.29 is 14.6 Å². The molecule has 0 aliphatic carbocycles. The van der Waals surface area contributed by atoms with E-state index in [2.05, 4.69) is 0 Å². The van der Waals surface area contributed by atoms with Crippen LogP contribution in [0.1, 0.15) is 32.6 Å². The lowest BCUT2D eigenvalue weighted by molar-refractivity contribution is -0.131. The third kappa shape index (κ3) is 4.93. The van der Waals surface area contributed by atoms with E-state index in [0.717, 1.165) is 12.8 Å². The molecule has 0 radical (unpaired) electrons. The Morgan fingerprint density at radius 1 is 1.43 bits per heavy atom. The molecule has 0 bridgehead atoms. The van der Waals surface area contributed by atoms with Gasteiger partial charge in [0.05, 0.1) is 18.6 Å². The number of nitrogen functional groups attached to an aromatic ring is 1. The highest BCUT2D eigenvalue weighted by atomic mass is 16.5. The predicted molar refractivity (Wildman–Crippen MR) is 82.0 cm³/mol. The van der Waals surface area contributed by atoms with E-state index >= 15 is 0 Å². The van der Waals surface area contributed by atoms with Crippen molar-refractivity contribution in [2.45, 2.75) is 38.2 Å². The highest BCUT2D eigenvalue weighted by molar-refractivity contribution is 5.76. The van der Waals surface area contributed by atoms with Gasteiger partial charge in [0.25, 0.3) is 0 Å². The van der Waals surface area contributed by atoms with Crippen LogP contribution in [0.4, 0.5) is 5.69 Å². The van der Waals surface area contributed by atoms with Crippen LogP contribution >= 0.6 is 0 Å². The Bertz CT molecular complexity index is 488. The molecule has 1 aliphatic rings.